The molecule has 0 atom stereocenters. The lowest BCUT2D eigenvalue weighted by molar-refractivity contribution is -0.389. The molecule has 1 amide bonds. The Morgan fingerprint density at radius 3 is 2.67 bits per heavy atom. The van der Waals surface area contributed by atoms with E-state index in [1.54, 1.807) is 0 Å². The normalized spacial score (nSPS) is 11.3. The molecular formula is C21H25N5O3S. The number of thiazole rings is 1. The summed E-state index contributed by atoms with van der Waals surface area (Å²) in [7, 11) is 0. The van der Waals surface area contributed by atoms with E-state index < -0.39 is 4.92 Å². The third-order valence-corrected chi connectivity index (χ3v) is 5.55. The predicted molar refractivity (Wildman–Crippen MR) is 118 cm³/mol. The van der Waals surface area contributed by atoms with Gasteiger partial charge in [-0.1, -0.05) is 45.9 Å². The summed E-state index contributed by atoms with van der Waals surface area (Å²) in [6.07, 6.45) is 2.83. The number of anilines is 1. The minimum atomic E-state index is -0.563. The second-order valence-corrected chi connectivity index (χ2v) is 8.58. The first kappa shape index (κ1) is 21.6. The van der Waals surface area contributed by atoms with Crippen molar-refractivity contribution in [1.82, 2.24) is 14.5 Å². The van der Waals surface area contributed by atoms with Crippen molar-refractivity contribution in [2.24, 2.45) is 0 Å². The quantitative estimate of drug-likeness (QED) is 0.393. The Morgan fingerprint density at radius 2 is 2.03 bits per heavy atom. The van der Waals surface area contributed by atoms with E-state index >= 15 is 0 Å². The number of nitrogens with zero attached hydrogens (tertiary/aromatic N) is 4. The lowest BCUT2D eigenvalue weighted by Crippen LogP contribution is -2.13. The molecule has 1 N–H and O–H groups in total. The topological polar surface area (TPSA) is 103 Å². The Labute approximate surface area is 179 Å². The average Bonchev–Trinajstić information content (AvgIpc) is 3.35. The van der Waals surface area contributed by atoms with Crippen LogP contribution in [0.1, 0.15) is 57.1 Å². The SMILES string of the molecule is CC(C)c1ccc(-c2csc(NC(=O)CCn3cnc([N+](=O)[O-])c3)n2)c(C(C)C)c1. The number of aryl methyl sites for hydroxylation is 1. The second-order valence-electron chi connectivity index (χ2n) is 7.72. The van der Waals surface area contributed by atoms with Crippen LogP contribution in [0, 0.1) is 10.1 Å². The molecule has 8 nitrogen and oxygen atoms in total. The third kappa shape index (κ3) is 5.10. The molecule has 0 aliphatic heterocycles. The van der Waals surface area contributed by atoms with Gasteiger partial charge in [-0.2, -0.15) is 0 Å². The van der Waals surface area contributed by atoms with Gasteiger partial charge < -0.3 is 20.0 Å². The number of carbonyl (C=O) groups is 1. The number of hydrogen-bond acceptors (Lipinski definition) is 6. The van der Waals surface area contributed by atoms with Crippen LogP contribution in [0.2, 0.25) is 0 Å². The maximum absolute atomic E-state index is 12.3. The van der Waals surface area contributed by atoms with Crippen LogP contribution in [-0.2, 0) is 11.3 Å². The van der Waals surface area contributed by atoms with Gasteiger partial charge in [-0.15, -0.1) is 11.3 Å². The molecule has 158 valence electrons. The Balaban J connectivity index is 1.67. The Hall–Kier alpha value is -3.07. The van der Waals surface area contributed by atoms with E-state index in [2.05, 4.69) is 61.2 Å². The fourth-order valence-corrected chi connectivity index (χ4v) is 3.81. The molecule has 30 heavy (non-hydrogen) atoms. The Kier molecular flexibility index (Phi) is 6.61. The van der Waals surface area contributed by atoms with Crippen molar-refractivity contribution in [2.75, 3.05) is 5.32 Å². The number of rotatable bonds is 8. The number of benzene rings is 1. The molecule has 3 aromatic rings. The molecule has 0 spiro atoms. The minimum absolute atomic E-state index is 0.169. The van der Waals surface area contributed by atoms with Crippen molar-refractivity contribution in [2.45, 2.75) is 52.5 Å². The molecule has 0 radical (unpaired) electrons. The largest absolute Gasteiger partial charge is 0.381 e. The summed E-state index contributed by atoms with van der Waals surface area (Å²) in [6.45, 7) is 8.99. The third-order valence-electron chi connectivity index (χ3n) is 4.79. The highest BCUT2D eigenvalue weighted by molar-refractivity contribution is 7.14. The highest BCUT2D eigenvalue weighted by Gasteiger charge is 2.15. The van der Waals surface area contributed by atoms with Gasteiger partial charge in [0.25, 0.3) is 0 Å². The molecule has 0 aliphatic carbocycles. The molecule has 0 saturated carbocycles. The van der Waals surface area contributed by atoms with E-state index in [1.807, 2.05) is 5.38 Å². The second kappa shape index (κ2) is 9.17. The van der Waals surface area contributed by atoms with Crippen LogP contribution >= 0.6 is 11.3 Å². The first-order valence-electron chi connectivity index (χ1n) is 9.80. The lowest BCUT2D eigenvalue weighted by Gasteiger charge is -2.15. The molecule has 2 heterocycles. The van der Waals surface area contributed by atoms with Crippen LogP contribution in [0.15, 0.2) is 36.1 Å². The summed E-state index contributed by atoms with van der Waals surface area (Å²) in [5.41, 5.74) is 4.47. The first-order chi connectivity index (χ1) is 14.2. The fraction of sp³-hybridized carbons (Fsp3) is 0.381. The van der Waals surface area contributed by atoms with Crippen molar-refractivity contribution in [3.8, 4) is 11.3 Å². The van der Waals surface area contributed by atoms with Crippen LogP contribution in [0.4, 0.5) is 10.9 Å². The number of nitro groups is 1. The van der Waals surface area contributed by atoms with Crippen molar-refractivity contribution in [3.05, 3.63) is 57.3 Å². The Morgan fingerprint density at radius 1 is 1.27 bits per heavy atom. The number of imidazole rings is 1. The van der Waals surface area contributed by atoms with Gasteiger partial charge in [0.05, 0.1) is 5.69 Å². The summed E-state index contributed by atoms with van der Waals surface area (Å²) >= 11 is 1.38. The highest BCUT2D eigenvalue weighted by Crippen LogP contribution is 2.33. The summed E-state index contributed by atoms with van der Waals surface area (Å²) in [6, 6.07) is 6.48. The van der Waals surface area contributed by atoms with E-state index in [0.717, 1.165) is 11.3 Å². The number of aromatic nitrogens is 3. The first-order valence-corrected chi connectivity index (χ1v) is 10.7. The maximum Gasteiger partial charge on any atom is 0.381 e. The highest BCUT2D eigenvalue weighted by atomic mass is 32.1. The van der Waals surface area contributed by atoms with Gasteiger partial charge in [0, 0.05) is 23.9 Å². The zero-order valence-electron chi connectivity index (χ0n) is 17.5. The molecule has 9 heteroatoms. The predicted octanol–water partition coefficient (Wildman–Crippen LogP) is 5.19. The van der Waals surface area contributed by atoms with E-state index in [1.165, 1.54) is 39.6 Å². The van der Waals surface area contributed by atoms with E-state index in [0.29, 0.717) is 23.5 Å². The van der Waals surface area contributed by atoms with Gasteiger partial charge in [0.15, 0.2) is 5.13 Å². The molecule has 2 aromatic heterocycles. The van der Waals surface area contributed by atoms with Crippen LogP contribution in [0.5, 0.6) is 0 Å². The van der Waals surface area contributed by atoms with Crippen molar-refractivity contribution in [1.29, 1.82) is 0 Å². The van der Waals surface area contributed by atoms with Crippen molar-refractivity contribution < 1.29 is 9.72 Å². The molecule has 0 aliphatic rings. The van der Waals surface area contributed by atoms with E-state index in [9.17, 15) is 14.9 Å². The van der Waals surface area contributed by atoms with Gasteiger partial charge in [-0.25, -0.2) is 4.98 Å². The number of amides is 1. The average molecular weight is 428 g/mol. The molecule has 0 fully saturated rings. The fourth-order valence-electron chi connectivity index (χ4n) is 3.08. The van der Waals surface area contributed by atoms with E-state index in [-0.39, 0.29) is 18.1 Å². The molecule has 0 unspecified atom stereocenters. The van der Waals surface area contributed by atoms with Crippen molar-refractivity contribution in [3.63, 3.8) is 0 Å². The van der Waals surface area contributed by atoms with Gasteiger partial charge in [-0.3, -0.25) is 4.79 Å². The standard InChI is InChI=1S/C21H25N5O3S/c1-13(2)15-5-6-16(17(9-15)14(3)4)18-11-30-21(23-18)24-20(27)7-8-25-10-19(22-12-25)26(28)29/h5-6,9-14H,7-8H2,1-4H3,(H,23,24,27). The van der Waals surface area contributed by atoms with Crippen LogP contribution in [-0.4, -0.2) is 25.4 Å². The zero-order chi connectivity index (χ0) is 21.8. The molecule has 3 rings (SSSR count). The van der Waals surface area contributed by atoms with Gasteiger partial charge in [0.2, 0.25) is 12.2 Å². The molecular weight excluding hydrogens is 402 g/mol. The summed E-state index contributed by atoms with van der Waals surface area (Å²) < 4.78 is 1.52. The minimum Gasteiger partial charge on any atom is -0.358 e. The van der Waals surface area contributed by atoms with E-state index in [4.69, 9.17) is 0 Å². The molecule has 1 aromatic carbocycles. The van der Waals surface area contributed by atoms with Crippen LogP contribution < -0.4 is 5.32 Å². The summed E-state index contributed by atoms with van der Waals surface area (Å²) in [4.78, 5) is 30.6. The summed E-state index contributed by atoms with van der Waals surface area (Å²) in [5, 5.41) is 16.0. The zero-order valence-corrected chi connectivity index (χ0v) is 18.3. The number of hydrogen-bond donors (Lipinski definition) is 1. The maximum atomic E-state index is 12.3. The molecule has 0 bridgehead atoms. The lowest BCUT2D eigenvalue weighted by atomic mass is 9.90. The number of nitrogens with one attached hydrogen (secondary N) is 1. The smallest absolute Gasteiger partial charge is 0.358 e. The number of carbonyl (C=O) groups excluding carboxylic acids is 1. The molecule has 0 saturated heterocycles. The summed E-state index contributed by atoms with van der Waals surface area (Å²) in [5.74, 6) is 0.382. The monoisotopic (exact) mass is 427 g/mol. The van der Waals surface area contributed by atoms with Gasteiger partial charge in [0.1, 0.15) is 6.20 Å². The van der Waals surface area contributed by atoms with Crippen LogP contribution in [0.3, 0.4) is 0 Å². The van der Waals surface area contributed by atoms with Crippen molar-refractivity contribution >= 4 is 28.2 Å². The van der Waals surface area contributed by atoms with Crippen LogP contribution in [0.25, 0.3) is 11.3 Å². The Bertz CT molecular complexity index is 1050. The van der Waals surface area contributed by atoms with Gasteiger partial charge >= 0.3 is 5.82 Å². The van der Waals surface area contributed by atoms with Gasteiger partial charge in [-0.05, 0) is 32.9 Å².